The molecule has 148 valence electrons. The summed E-state index contributed by atoms with van der Waals surface area (Å²) in [4.78, 5) is 4.79. The number of nitrogens with zero attached hydrogens (tertiary/aromatic N) is 3. The van der Waals surface area contributed by atoms with Gasteiger partial charge in [-0.3, -0.25) is 0 Å². The van der Waals surface area contributed by atoms with E-state index < -0.39 is 0 Å². The van der Waals surface area contributed by atoms with Crippen LogP contribution >= 0.6 is 0 Å². The fourth-order valence-corrected chi connectivity index (χ4v) is 3.15. The lowest BCUT2D eigenvalue weighted by Crippen LogP contribution is -2.28. The van der Waals surface area contributed by atoms with Crippen LogP contribution in [-0.2, 0) is 6.54 Å². The number of rotatable bonds is 0. The first-order chi connectivity index (χ1) is 13.5. The Morgan fingerprint density at radius 3 is 2.79 bits per heavy atom. The minimum atomic E-state index is -0.00201. The lowest BCUT2D eigenvalue weighted by molar-refractivity contribution is 0.221. The molecule has 3 aromatic rings. The molecule has 1 atom stereocenters. The average molecular weight is 380 g/mol. The van der Waals surface area contributed by atoms with E-state index in [-0.39, 0.29) is 6.10 Å². The summed E-state index contributed by atoms with van der Waals surface area (Å²) < 4.78 is 7.96. The van der Waals surface area contributed by atoms with Crippen LogP contribution in [0, 0.1) is 13.8 Å². The van der Waals surface area contributed by atoms with E-state index in [2.05, 4.69) is 41.4 Å². The molecule has 2 N–H and O–H groups in total. The zero-order chi connectivity index (χ0) is 20.3. The summed E-state index contributed by atoms with van der Waals surface area (Å²) in [5, 5.41) is 11.2. The predicted molar refractivity (Wildman–Crippen MR) is 115 cm³/mol. The van der Waals surface area contributed by atoms with Gasteiger partial charge in [0, 0.05) is 29.6 Å². The fourth-order valence-electron chi connectivity index (χ4n) is 3.15. The van der Waals surface area contributed by atoms with Gasteiger partial charge in [0.1, 0.15) is 17.7 Å². The van der Waals surface area contributed by atoms with Crippen LogP contribution in [0.5, 0.6) is 5.75 Å². The minimum absolute atomic E-state index is 0.00201. The molecule has 0 saturated heterocycles. The molecule has 6 heteroatoms. The van der Waals surface area contributed by atoms with Crippen molar-refractivity contribution < 1.29 is 4.74 Å². The number of fused-ring (bicyclic) bond motifs is 2. The number of hydrogen-bond donors (Lipinski definition) is 2. The van der Waals surface area contributed by atoms with Crippen LogP contribution in [0.15, 0.2) is 37.2 Å². The third-order valence-electron chi connectivity index (χ3n) is 4.59. The average Bonchev–Trinajstić information content (AvgIpc) is 3.09. The second-order valence-corrected chi connectivity index (χ2v) is 6.85. The summed E-state index contributed by atoms with van der Waals surface area (Å²) in [5.41, 5.74) is 5.83. The Balaban J connectivity index is 0.00000109. The summed E-state index contributed by atoms with van der Waals surface area (Å²) in [7, 11) is 0. The van der Waals surface area contributed by atoms with Crippen molar-refractivity contribution in [3.05, 3.63) is 59.4 Å². The maximum absolute atomic E-state index is 6.17. The van der Waals surface area contributed by atoms with Crippen molar-refractivity contribution in [2.45, 2.75) is 47.3 Å². The van der Waals surface area contributed by atoms with Crippen LogP contribution in [0.4, 0.5) is 5.82 Å². The van der Waals surface area contributed by atoms with E-state index in [1.165, 1.54) is 5.56 Å². The highest BCUT2D eigenvalue weighted by Crippen LogP contribution is 2.25. The summed E-state index contributed by atoms with van der Waals surface area (Å²) in [5.74, 6) is 1.73. The summed E-state index contributed by atoms with van der Waals surface area (Å²) in [6.07, 6.45) is 3.78. The van der Waals surface area contributed by atoms with E-state index in [1.54, 1.807) is 10.7 Å². The molecule has 2 aromatic heterocycles. The van der Waals surface area contributed by atoms with Crippen LogP contribution in [0.25, 0.3) is 11.3 Å². The number of aryl methyl sites for hydroxylation is 2. The summed E-state index contributed by atoms with van der Waals surface area (Å²) >= 11 is 0. The number of anilines is 1. The lowest BCUT2D eigenvalue weighted by atomic mass is 10.1. The summed E-state index contributed by atoms with van der Waals surface area (Å²) in [6, 6.07) is 6.26. The topological polar surface area (TPSA) is 63.5 Å². The van der Waals surface area contributed by atoms with Crippen LogP contribution in [-0.4, -0.2) is 27.2 Å². The van der Waals surface area contributed by atoms with E-state index >= 15 is 0 Å². The van der Waals surface area contributed by atoms with Gasteiger partial charge in [0.05, 0.1) is 18.3 Å². The SMILES string of the molecule is C=C1NCC(C)Oc2ccc(C)cc2CNc2nc3c1cnn3cc2C.CC. The van der Waals surface area contributed by atoms with Crippen molar-refractivity contribution >= 4 is 17.2 Å². The Morgan fingerprint density at radius 2 is 2.00 bits per heavy atom. The maximum atomic E-state index is 6.17. The first kappa shape index (κ1) is 19.7. The smallest absolute Gasteiger partial charge is 0.166 e. The molecule has 6 nitrogen and oxygen atoms in total. The number of benzene rings is 1. The van der Waals surface area contributed by atoms with E-state index in [0.29, 0.717) is 13.1 Å². The van der Waals surface area contributed by atoms with E-state index in [0.717, 1.165) is 39.6 Å². The normalized spacial score (nSPS) is 16.3. The van der Waals surface area contributed by atoms with Crippen molar-refractivity contribution in [1.82, 2.24) is 19.9 Å². The van der Waals surface area contributed by atoms with Gasteiger partial charge in [-0.2, -0.15) is 5.10 Å². The van der Waals surface area contributed by atoms with Crippen molar-refractivity contribution in [1.29, 1.82) is 0 Å². The predicted octanol–water partition coefficient (Wildman–Crippen LogP) is 4.33. The largest absolute Gasteiger partial charge is 0.489 e. The molecule has 2 bridgehead atoms. The van der Waals surface area contributed by atoms with Gasteiger partial charge in [-0.05, 0) is 26.8 Å². The molecule has 1 aromatic carbocycles. The van der Waals surface area contributed by atoms with Crippen LogP contribution < -0.4 is 15.4 Å². The zero-order valence-electron chi connectivity index (χ0n) is 17.3. The van der Waals surface area contributed by atoms with Crippen molar-refractivity contribution in [3.63, 3.8) is 0 Å². The van der Waals surface area contributed by atoms with Crippen molar-refractivity contribution in [2.24, 2.45) is 0 Å². The summed E-state index contributed by atoms with van der Waals surface area (Å²) in [6.45, 7) is 15.6. The first-order valence-corrected chi connectivity index (χ1v) is 9.79. The molecule has 28 heavy (non-hydrogen) atoms. The molecule has 3 heterocycles. The van der Waals surface area contributed by atoms with Gasteiger partial charge in [-0.25, -0.2) is 9.50 Å². The first-order valence-electron chi connectivity index (χ1n) is 9.79. The maximum Gasteiger partial charge on any atom is 0.166 e. The zero-order valence-corrected chi connectivity index (χ0v) is 17.3. The van der Waals surface area contributed by atoms with Crippen molar-refractivity contribution in [3.8, 4) is 5.75 Å². The second kappa shape index (κ2) is 8.33. The van der Waals surface area contributed by atoms with Crippen LogP contribution in [0.2, 0.25) is 0 Å². The molecule has 0 aliphatic carbocycles. The van der Waals surface area contributed by atoms with E-state index in [4.69, 9.17) is 9.72 Å². The molecule has 0 saturated carbocycles. The number of ether oxygens (including phenoxy) is 1. The molecule has 0 radical (unpaired) electrons. The van der Waals surface area contributed by atoms with E-state index in [9.17, 15) is 0 Å². The van der Waals surface area contributed by atoms with Gasteiger partial charge >= 0.3 is 0 Å². The third-order valence-corrected chi connectivity index (χ3v) is 4.59. The minimum Gasteiger partial charge on any atom is -0.489 e. The van der Waals surface area contributed by atoms with Gasteiger partial charge in [0.15, 0.2) is 5.65 Å². The molecule has 0 spiro atoms. The van der Waals surface area contributed by atoms with Gasteiger partial charge in [-0.15, -0.1) is 0 Å². The van der Waals surface area contributed by atoms with Crippen molar-refractivity contribution in [2.75, 3.05) is 11.9 Å². The molecule has 0 amide bonds. The molecule has 4 rings (SSSR count). The molecule has 1 aliphatic heterocycles. The van der Waals surface area contributed by atoms with Gasteiger partial charge in [0.25, 0.3) is 0 Å². The highest BCUT2D eigenvalue weighted by molar-refractivity contribution is 5.74. The highest BCUT2D eigenvalue weighted by atomic mass is 16.5. The number of nitrogens with one attached hydrogen (secondary N) is 2. The van der Waals surface area contributed by atoms with E-state index in [1.807, 2.05) is 40.0 Å². The monoisotopic (exact) mass is 379 g/mol. The molecule has 0 fully saturated rings. The second-order valence-electron chi connectivity index (χ2n) is 6.85. The quantitative estimate of drug-likeness (QED) is 0.609. The molecule has 1 aliphatic rings. The number of aromatic nitrogens is 3. The third kappa shape index (κ3) is 3.96. The van der Waals surface area contributed by atoms with Crippen LogP contribution in [0.3, 0.4) is 0 Å². The Kier molecular flexibility index (Phi) is 5.87. The van der Waals surface area contributed by atoms with Gasteiger partial charge in [-0.1, -0.05) is 38.1 Å². The molecule has 1 unspecified atom stereocenters. The Hall–Kier alpha value is -3.02. The Bertz CT molecular complexity index is 992. The van der Waals surface area contributed by atoms with Crippen LogP contribution in [0.1, 0.15) is 43.0 Å². The lowest BCUT2D eigenvalue weighted by Gasteiger charge is -2.19. The fraction of sp³-hybridized carbons (Fsp3) is 0.364. The molecular weight excluding hydrogens is 350 g/mol. The highest BCUT2D eigenvalue weighted by Gasteiger charge is 2.15. The standard InChI is InChI=1S/C20H23N5O.C2H6/c1-12-5-6-18-16(7-12)9-22-19-13(2)11-25-20(24-19)17(10-23-25)15(4)21-8-14(3)26-18;1-2/h5-7,10-11,14,21H,4,8-9H2,1-3H3,(H,22,24);1-2H3. The Morgan fingerprint density at radius 1 is 1.21 bits per heavy atom. The molecular formula is C22H29N5O. The Labute approximate surface area is 166 Å². The number of hydrogen-bond acceptors (Lipinski definition) is 5. The van der Waals surface area contributed by atoms with Gasteiger partial charge in [0.2, 0.25) is 0 Å². The van der Waals surface area contributed by atoms with Gasteiger partial charge < -0.3 is 15.4 Å².